The molecule has 0 radical (unpaired) electrons. The Morgan fingerprint density at radius 1 is 1.10 bits per heavy atom. The summed E-state index contributed by atoms with van der Waals surface area (Å²) >= 11 is 0. The monoisotopic (exact) mass is 551 g/mol. The molecule has 1 aromatic heterocycles. The van der Waals surface area contributed by atoms with E-state index in [9.17, 15) is 13.4 Å². The number of pyridine rings is 1. The largest absolute Gasteiger partial charge is 0.474 e. The smallest absolute Gasteiger partial charge is 0.410 e. The van der Waals surface area contributed by atoms with Gasteiger partial charge in [0.15, 0.2) is 0 Å². The molecule has 3 aromatic rings. The third-order valence-corrected chi connectivity index (χ3v) is 8.82. The van der Waals surface area contributed by atoms with Crippen molar-refractivity contribution in [3.05, 3.63) is 83.7 Å². The van der Waals surface area contributed by atoms with Crippen molar-refractivity contribution in [3.8, 4) is 17.1 Å². The van der Waals surface area contributed by atoms with Crippen molar-refractivity contribution in [2.45, 2.75) is 51.2 Å². The number of aromatic nitrogens is 1. The molecule has 5 rings (SSSR count). The SMILES string of the molecule is CC(NS(=O)C(C)(C)C)c1cc(OC2C3CN(C(=O)OCc4ccccc4)CC32)nc(-c2ccc(F)cc2)c1. The fourth-order valence-corrected chi connectivity index (χ4v) is 5.57. The summed E-state index contributed by atoms with van der Waals surface area (Å²) in [5.74, 6) is 0.579. The molecule has 1 saturated heterocycles. The molecule has 9 heteroatoms. The fraction of sp³-hybridized carbons (Fsp3) is 0.400. The lowest BCUT2D eigenvalue weighted by molar-refractivity contribution is 0.0945. The number of nitrogens with zero attached hydrogens (tertiary/aromatic N) is 2. The molecule has 39 heavy (non-hydrogen) atoms. The van der Waals surface area contributed by atoms with Crippen LogP contribution < -0.4 is 9.46 Å². The van der Waals surface area contributed by atoms with Crippen LogP contribution in [0.25, 0.3) is 11.3 Å². The van der Waals surface area contributed by atoms with Gasteiger partial charge in [-0.25, -0.2) is 23.1 Å². The number of benzene rings is 2. The highest BCUT2D eigenvalue weighted by Crippen LogP contribution is 2.48. The van der Waals surface area contributed by atoms with E-state index >= 15 is 0 Å². The Hall–Kier alpha value is -3.30. The molecule has 206 valence electrons. The Morgan fingerprint density at radius 3 is 2.41 bits per heavy atom. The minimum absolute atomic E-state index is 0.0426. The van der Waals surface area contributed by atoms with Gasteiger partial charge in [-0.1, -0.05) is 30.3 Å². The van der Waals surface area contributed by atoms with Crippen LogP contribution in [0.2, 0.25) is 0 Å². The molecule has 1 aliphatic carbocycles. The molecule has 1 amide bonds. The molecule has 2 aliphatic rings. The first-order chi connectivity index (χ1) is 18.6. The molecular weight excluding hydrogens is 517 g/mol. The number of ether oxygens (including phenoxy) is 2. The van der Waals surface area contributed by atoms with Crippen LogP contribution >= 0.6 is 0 Å². The number of likely N-dealkylation sites (tertiary alicyclic amines) is 1. The van der Waals surface area contributed by atoms with Crippen LogP contribution in [0.1, 0.15) is 44.9 Å². The molecule has 7 nitrogen and oxygen atoms in total. The van der Waals surface area contributed by atoms with Crippen LogP contribution in [0.15, 0.2) is 66.7 Å². The number of amides is 1. The maximum absolute atomic E-state index is 13.6. The summed E-state index contributed by atoms with van der Waals surface area (Å²) in [7, 11) is -1.26. The van der Waals surface area contributed by atoms with Crippen molar-refractivity contribution in [2.75, 3.05) is 13.1 Å². The highest BCUT2D eigenvalue weighted by molar-refractivity contribution is 7.84. The van der Waals surface area contributed by atoms with Crippen LogP contribution in [0.3, 0.4) is 0 Å². The molecular formula is C30H34FN3O4S. The zero-order chi connectivity index (χ0) is 27.7. The number of nitrogens with one attached hydrogen (secondary N) is 1. The maximum atomic E-state index is 13.6. The number of fused-ring (bicyclic) bond motifs is 1. The fourth-order valence-electron chi connectivity index (χ4n) is 4.76. The number of hydrogen-bond donors (Lipinski definition) is 1. The second-order valence-corrected chi connectivity index (χ2v) is 13.2. The Kier molecular flexibility index (Phi) is 7.73. The molecule has 2 fully saturated rings. The van der Waals surface area contributed by atoms with Gasteiger partial charge in [-0.05, 0) is 69.2 Å². The van der Waals surface area contributed by atoms with Crippen LogP contribution in [-0.4, -0.2) is 44.1 Å². The van der Waals surface area contributed by atoms with Crippen LogP contribution in [0, 0.1) is 17.7 Å². The van der Waals surface area contributed by atoms with Crippen molar-refractivity contribution in [3.63, 3.8) is 0 Å². The summed E-state index contributed by atoms with van der Waals surface area (Å²) in [6.45, 7) is 9.11. The Morgan fingerprint density at radius 2 is 1.77 bits per heavy atom. The molecule has 4 atom stereocenters. The zero-order valence-electron chi connectivity index (χ0n) is 22.6. The zero-order valence-corrected chi connectivity index (χ0v) is 23.4. The number of carbonyl (C=O) groups is 1. The number of halogens is 1. The van der Waals surface area contributed by atoms with Crippen molar-refractivity contribution in [1.29, 1.82) is 0 Å². The van der Waals surface area contributed by atoms with Crippen LogP contribution in [0.4, 0.5) is 9.18 Å². The number of hydrogen-bond acceptors (Lipinski definition) is 5. The lowest BCUT2D eigenvalue weighted by Gasteiger charge is -2.23. The Balaban J connectivity index is 1.26. The lowest BCUT2D eigenvalue weighted by atomic mass is 10.1. The van der Waals surface area contributed by atoms with Crippen LogP contribution in [-0.2, 0) is 22.3 Å². The standard InChI is InChI=1S/C30H34FN3O4S/c1-19(33-39(36)30(2,3)4)22-14-26(21-10-12-23(31)13-11-21)32-27(15-22)38-28-24-16-34(17-25(24)28)29(35)37-18-20-8-6-5-7-9-20/h5-15,19,24-25,28,33H,16-18H2,1-4H3. The molecule has 1 saturated carbocycles. The highest BCUT2D eigenvalue weighted by atomic mass is 32.2. The van der Waals surface area contributed by atoms with Gasteiger partial charge in [-0.15, -0.1) is 0 Å². The van der Waals surface area contributed by atoms with Gasteiger partial charge in [0, 0.05) is 42.6 Å². The summed E-state index contributed by atoms with van der Waals surface area (Å²) in [5, 5.41) is 0. The van der Waals surface area contributed by atoms with Gasteiger partial charge in [-0.3, -0.25) is 0 Å². The molecule has 1 N–H and O–H groups in total. The van der Waals surface area contributed by atoms with E-state index < -0.39 is 15.7 Å². The molecule has 2 aromatic carbocycles. The van der Waals surface area contributed by atoms with Gasteiger partial charge in [0.05, 0.1) is 21.4 Å². The average molecular weight is 552 g/mol. The minimum atomic E-state index is -1.26. The highest BCUT2D eigenvalue weighted by Gasteiger charge is 2.59. The molecule has 1 aliphatic heterocycles. The normalized spacial score (nSPS) is 21.7. The summed E-state index contributed by atoms with van der Waals surface area (Å²) in [6.07, 6.45) is -0.353. The van der Waals surface area contributed by atoms with E-state index in [1.54, 1.807) is 17.0 Å². The first kappa shape index (κ1) is 27.3. The number of carbonyl (C=O) groups excluding carboxylic acids is 1. The predicted molar refractivity (Wildman–Crippen MR) is 149 cm³/mol. The third-order valence-electron chi connectivity index (χ3n) is 7.14. The Labute approximate surface area is 231 Å². The third kappa shape index (κ3) is 6.47. The van der Waals surface area contributed by atoms with E-state index in [1.165, 1.54) is 12.1 Å². The van der Waals surface area contributed by atoms with Crippen LogP contribution in [0.5, 0.6) is 5.88 Å². The maximum Gasteiger partial charge on any atom is 0.410 e. The first-order valence-corrected chi connectivity index (χ1v) is 14.3. The minimum Gasteiger partial charge on any atom is -0.474 e. The van der Waals surface area contributed by atoms with Gasteiger partial charge in [0.25, 0.3) is 0 Å². The van der Waals surface area contributed by atoms with E-state index in [1.807, 2.05) is 70.2 Å². The lowest BCUT2D eigenvalue weighted by Crippen LogP contribution is -2.35. The van der Waals surface area contributed by atoms with Gasteiger partial charge < -0.3 is 14.4 Å². The van der Waals surface area contributed by atoms with E-state index in [0.717, 1.165) is 16.7 Å². The van der Waals surface area contributed by atoms with Gasteiger partial charge in [-0.2, -0.15) is 0 Å². The van der Waals surface area contributed by atoms with Crippen molar-refractivity contribution in [1.82, 2.24) is 14.6 Å². The molecule has 0 bridgehead atoms. The van der Waals surface area contributed by atoms with E-state index in [2.05, 4.69) is 4.72 Å². The van der Waals surface area contributed by atoms with E-state index in [-0.39, 0.29) is 42.5 Å². The van der Waals surface area contributed by atoms with E-state index in [4.69, 9.17) is 14.5 Å². The topological polar surface area (TPSA) is 80.8 Å². The van der Waals surface area contributed by atoms with Gasteiger partial charge in [0.1, 0.15) is 18.5 Å². The van der Waals surface area contributed by atoms with Crippen molar-refractivity contribution in [2.24, 2.45) is 11.8 Å². The molecule has 2 heterocycles. The van der Waals surface area contributed by atoms with Crippen molar-refractivity contribution < 1.29 is 22.9 Å². The quantitative estimate of drug-likeness (QED) is 0.392. The summed E-state index contributed by atoms with van der Waals surface area (Å²) in [6, 6.07) is 19.3. The molecule has 4 unspecified atom stereocenters. The van der Waals surface area contributed by atoms with E-state index in [0.29, 0.717) is 24.7 Å². The first-order valence-electron chi connectivity index (χ1n) is 13.2. The number of piperidine rings is 1. The Bertz CT molecular complexity index is 1330. The molecule has 0 spiro atoms. The van der Waals surface area contributed by atoms with Gasteiger partial charge in [0.2, 0.25) is 5.88 Å². The summed E-state index contributed by atoms with van der Waals surface area (Å²) in [5.41, 5.74) is 3.23. The van der Waals surface area contributed by atoms with Gasteiger partial charge >= 0.3 is 6.09 Å². The summed E-state index contributed by atoms with van der Waals surface area (Å²) < 4.78 is 40.8. The second kappa shape index (κ2) is 11.1. The number of rotatable bonds is 8. The predicted octanol–water partition coefficient (Wildman–Crippen LogP) is 5.65. The average Bonchev–Trinajstić information content (AvgIpc) is 3.33. The van der Waals surface area contributed by atoms with Crippen molar-refractivity contribution >= 4 is 17.1 Å². The summed E-state index contributed by atoms with van der Waals surface area (Å²) in [4.78, 5) is 19.0. The second-order valence-electron chi connectivity index (χ2n) is 11.2.